The lowest BCUT2D eigenvalue weighted by Crippen LogP contribution is -2.30. The lowest BCUT2D eigenvalue weighted by Gasteiger charge is -2.18. The molecule has 0 amide bonds. The van der Waals surface area contributed by atoms with Gasteiger partial charge < -0.3 is 14.2 Å². The molecule has 0 aromatic rings. The SMILES string of the molecule is CC/C=C\C/C=C\C/C=C\C/C=C\C/C=C\C/C=C\CCC(=O)OC[C@@H](COC(=O)CCCCCCCCCCC)OC(=O)CCCCCCC/C=C\C/C=C\CCCC. The van der Waals surface area contributed by atoms with Crippen LogP contribution in [0.25, 0.3) is 0 Å². The molecular weight excluding hydrogens is 745 g/mol. The fraction of sp³-hybridized carbons (Fsp3) is 0.648. The maximum absolute atomic E-state index is 12.7. The Morgan fingerprint density at radius 2 is 0.700 bits per heavy atom. The van der Waals surface area contributed by atoms with E-state index in [1.165, 1.54) is 57.8 Å². The van der Waals surface area contributed by atoms with E-state index in [1.807, 2.05) is 12.2 Å². The van der Waals surface area contributed by atoms with E-state index >= 15 is 0 Å². The van der Waals surface area contributed by atoms with E-state index in [4.69, 9.17) is 14.2 Å². The van der Waals surface area contributed by atoms with Crippen molar-refractivity contribution in [2.24, 2.45) is 0 Å². The fourth-order valence-corrected chi connectivity index (χ4v) is 6.19. The minimum atomic E-state index is -0.812. The monoisotopic (exact) mass is 833 g/mol. The van der Waals surface area contributed by atoms with Gasteiger partial charge in [-0.05, 0) is 83.5 Å². The summed E-state index contributed by atoms with van der Waals surface area (Å²) in [4.78, 5) is 37.8. The standard InChI is InChI=1S/C54H88O6/c1-4-7-10-13-16-19-21-23-25-26-27-28-29-31-32-35-38-41-44-47-53(56)59-50-51(49-58-52(55)46-43-40-37-34-18-15-12-9-6-3)60-54(57)48-45-42-39-36-33-30-24-22-20-17-14-11-8-5-2/h7,10,14,16-17,19,22-25,27-28,31-32,38,41,51H,4-6,8-9,11-13,15,18,20-21,26,29-30,33-37,39-40,42-50H2,1-3H3/b10-7-,17-14-,19-16-,24-22-,25-23-,28-27-,32-31-,41-38-/t51-/m1/s1. The molecule has 0 aromatic heterocycles. The van der Waals surface area contributed by atoms with Gasteiger partial charge in [-0.3, -0.25) is 14.4 Å². The molecule has 0 aliphatic carbocycles. The second kappa shape index (κ2) is 48.0. The molecule has 0 heterocycles. The van der Waals surface area contributed by atoms with Gasteiger partial charge in [0.1, 0.15) is 13.2 Å². The summed E-state index contributed by atoms with van der Waals surface area (Å²) in [5, 5.41) is 0. The molecule has 0 radical (unpaired) electrons. The molecule has 0 bridgehead atoms. The Labute approximate surface area is 368 Å². The smallest absolute Gasteiger partial charge is 0.306 e. The Morgan fingerprint density at radius 3 is 1.17 bits per heavy atom. The van der Waals surface area contributed by atoms with Crippen LogP contribution in [0, 0.1) is 0 Å². The van der Waals surface area contributed by atoms with Gasteiger partial charge >= 0.3 is 17.9 Å². The van der Waals surface area contributed by atoms with Crippen molar-refractivity contribution in [1.82, 2.24) is 0 Å². The Morgan fingerprint density at radius 1 is 0.350 bits per heavy atom. The number of rotatable bonds is 42. The molecule has 340 valence electrons. The maximum Gasteiger partial charge on any atom is 0.306 e. The summed E-state index contributed by atoms with van der Waals surface area (Å²) in [7, 11) is 0. The summed E-state index contributed by atoms with van der Waals surface area (Å²) >= 11 is 0. The summed E-state index contributed by atoms with van der Waals surface area (Å²) in [6.45, 7) is 6.36. The maximum atomic E-state index is 12.7. The number of carbonyl (C=O) groups is 3. The third kappa shape index (κ3) is 45.4. The topological polar surface area (TPSA) is 78.9 Å². The highest BCUT2D eigenvalue weighted by Gasteiger charge is 2.19. The molecule has 0 aliphatic rings. The quantitative estimate of drug-likeness (QED) is 0.0264. The first kappa shape index (κ1) is 56.3. The molecular formula is C54H88O6. The van der Waals surface area contributed by atoms with Crippen molar-refractivity contribution < 1.29 is 28.6 Å². The number of hydrogen-bond acceptors (Lipinski definition) is 6. The largest absolute Gasteiger partial charge is 0.462 e. The van der Waals surface area contributed by atoms with Crippen LogP contribution < -0.4 is 0 Å². The average molecular weight is 833 g/mol. The van der Waals surface area contributed by atoms with Crippen LogP contribution in [0.1, 0.15) is 207 Å². The van der Waals surface area contributed by atoms with Crippen LogP contribution in [0.2, 0.25) is 0 Å². The summed E-state index contributed by atoms with van der Waals surface area (Å²) in [6, 6.07) is 0. The molecule has 0 unspecified atom stereocenters. The minimum absolute atomic E-state index is 0.107. The van der Waals surface area contributed by atoms with E-state index in [2.05, 4.69) is 106 Å². The first-order chi connectivity index (χ1) is 29.5. The fourth-order valence-electron chi connectivity index (χ4n) is 6.19. The van der Waals surface area contributed by atoms with Gasteiger partial charge in [0.05, 0.1) is 0 Å². The lowest BCUT2D eigenvalue weighted by atomic mass is 10.1. The first-order valence-electron chi connectivity index (χ1n) is 24.2. The van der Waals surface area contributed by atoms with E-state index < -0.39 is 6.10 Å². The molecule has 0 fully saturated rings. The third-order valence-electron chi connectivity index (χ3n) is 9.84. The van der Waals surface area contributed by atoms with Crippen LogP contribution in [0.3, 0.4) is 0 Å². The molecule has 0 spiro atoms. The summed E-state index contributed by atoms with van der Waals surface area (Å²) in [6.07, 6.45) is 62.6. The van der Waals surface area contributed by atoms with Crippen molar-refractivity contribution in [3.63, 3.8) is 0 Å². The van der Waals surface area contributed by atoms with Crippen LogP contribution in [-0.4, -0.2) is 37.2 Å². The predicted molar refractivity (Wildman–Crippen MR) is 256 cm³/mol. The summed E-state index contributed by atoms with van der Waals surface area (Å²) < 4.78 is 16.6. The molecule has 1 atom stereocenters. The third-order valence-corrected chi connectivity index (χ3v) is 9.84. The molecule has 6 nitrogen and oxygen atoms in total. The van der Waals surface area contributed by atoms with Crippen molar-refractivity contribution in [3.8, 4) is 0 Å². The first-order valence-corrected chi connectivity index (χ1v) is 24.2. The number of hydrogen-bond donors (Lipinski definition) is 0. The van der Waals surface area contributed by atoms with Gasteiger partial charge in [0.25, 0.3) is 0 Å². The Hall–Kier alpha value is -3.67. The highest BCUT2D eigenvalue weighted by molar-refractivity contribution is 5.71. The van der Waals surface area contributed by atoms with Gasteiger partial charge in [-0.1, -0.05) is 201 Å². The van der Waals surface area contributed by atoms with E-state index in [-0.39, 0.29) is 37.5 Å². The molecule has 0 aliphatic heterocycles. The second-order valence-corrected chi connectivity index (χ2v) is 15.6. The van der Waals surface area contributed by atoms with Crippen LogP contribution in [-0.2, 0) is 28.6 Å². The van der Waals surface area contributed by atoms with Gasteiger partial charge in [0, 0.05) is 19.3 Å². The predicted octanol–water partition coefficient (Wildman–Crippen LogP) is 15.8. The Kier molecular flexibility index (Phi) is 45.1. The van der Waals surface area contributed by atoms with E-state index in [0.29, 0.717) is 19.3 Å². The number of unbranched alkanes of at least 4 members (excludes halogenated alkanes) is 15. The van der Waals surface area contributed by atoms with Crippen molar-refractivity contribution in [2.45, 2.75) is 213 Å². The highest BCUT2D eigenvalue weighted by Crippen LogP contribution is 2.13. The zero-order valence-corrected chi connectivity index (χ0v) is 38.7. The number of allylic oxidation sites excluding steroid dienone is 16. The average Bonchev–Trinajstić information content (AvgIpc) is 3.24. The van der Waals surface area contributed by atoms with E-state index in [1.54, 1.807) is 0 Å². The second-order valence-electron chi connectivity index (χ2n) is 15.6. The van der Waals surface area contributed by atoms with Crippen molar-refractivity contribution in [1.29, 1.82) is 0 Å². The van der Waals surface area contributed by atoms with Crippen LogP contribution >= 0.6 is 0 Å². The van der Waals surface area contributed by atoms with Crippen molar-refractivity contribution in [2.75, 3.05) is 13.2 Å². The van der Waals surface area contributed by atoms with E-state index in [0.717, 1.165) is 103 Å². The number of esters is 3. The minimum Gasteiger partial charge on any atom is -0.462 e. The zero-order valence-electron chi connectivity index (χ0n) is 38.7. The Bertz CT molecular complexity index is 1230. The molecule has 60 heavy (non-hydrogen) atoms. The molecule has 0 saturated carbocycles. The molecule has 0 rings (SSSR count). The van der Waals surface area contributed by atoms with Crippen LogP contribution in [0.5, 0.6) is 0 Å². The van der Waals surface area contributed by atoms with E-state index in [9.17, 15) is 14.4 Å². The van der Waals surface area contributed by atoms with Gasteiger partial charge in [0.2, 0.25) is 0 Å². The molecule has 0 saturated heterocycles. The van der Waals surface area contributed by atoms with Crippen molar-refractivity contribution in [3.05, 3.63) is 97.2 Å². The van der Waals surface area contributed by atoms with Crippen molar-refractivity contribution >= 4 is 17.9 Å². The van der Waals surface area contributed by atoms with Crippen LogP contribution in [0.15, 0.2) is 97.2 Å². The van der Waals surface area contributed by atoms with Gasteiger partial charge in [-0.2, -0.15) is 0 Å². The molecule has 0 aromatic carbocycles. The molecule has 6 heteroatoms. The lowest BCUT2D eigenvalue weighted by molar-refractivity contribution is -0.166. The van der Waals surface area contributed by atoms with Gasteiger partial charge in [-0.25, -0.2) is 0 Å². The summed E-state index contributed by atoms with van der Waals surface area (Å²) in [5.41, 5.74) is 0. The zero-order chi connectivity index (χ0) is 43.7. The Balaban J connectivity index is 4.49. The highest BCUT2D eigenvalue weighted by atomic mass is 16.6. The van der Waals surface area contributed by atoms with Gasteiger partial charge in [0.15, 0.2) is 6.10 Å². The number of carbonyl (C=O) groups excluding carboxylic acids is 3. The summed E-state index contributed by atoms with van der Waals surface area (Å²) in [5.74, 6) is -1.02. The molecule has 0 N–H and O–H groups in total. The normalized spacial score (nSPS) is 12.9. The van der Waals surface area contributed by atoms with Gasteiger partial charge in [-0.15, -0.1) is 0 Å². The van der Waals surface area contributed by atoms with Crippen LogP contribution in [0.4, 0.5) is 0 Å². The number of ether oxygens (including phenoxy) is 3.